The van der Waals surface area contributed by atoms with Crippen LogP contribution in [0.15, 0.2) is 0 Å². The maximum Gasteiger partial charge on any atom is 0.334 e. The van der Waals surface area contributed by atoms with Gasteiger partial charge in [0.2, 0.25) is 0 Å². The molecule has 6 heteroatoms. The number of morpholine rings is 1. The Kier molecular flexibility index (Phi) is 5.40. The first kappa shape index (κ1) is 14.8. The molecule has 1 rings (SSSR count). The fourth-order valence-electron chi connectivity index (χ4n) is 1.96. The topological polar surface area (TPSA) is 70.1 Å². The molecule has 0 spiro atoms. The highest BCUT2D eigenvalue weighted by Gasteiger charge is 2.30. The molecule has 1 aliphatic heterocycles. The largest absolute Gasteiger partial charge is 0.479 e. The third kappa shape index (κ3) is 3.87. The van der Waals surface area contributed by atoms with E-state index in [2.05, 4.69) is 13.8 Å². The molecule has 1 N–H and O–H groups in total. The van der Waals surface area contributed by atoms with Crippen LogP contribution in [-0.2, 0) is 9.53 Å². The predicted octanol–water partition coefficient (Wildman–Crippen LogP) is 0.870. The van der Waals surface area contributed by atoms with Crippen LogP contribution in [0, 0.1) is 5.92 Å². The number of aliphatic carboxylic acids is 1. The van der Waals surface area contributed by atoms with Gasteiger partial charge in [-0.25, -0.2) is 9.59 Å². The molecule has 0 aromatic heterocycles. The molecule has 0 saturated carbocycles. The summed E-state index contributed by atoms with van der Waals surface area (Å²) in [5.41, 5.74) is 0. The number of amides is 2. The van der Waals surface area contributed by atoms with Crippen molar-refractivity contribution in [2.75, 3.05) is 32.8 Å². The SMILES string of the molecule is CCN(CC(C)C)C(=O)N1CCOC(C(=O)O)C1. The Labute approximate surface area is 107 Å². The summed E-state index contributed by atoms with van der Waals surface area (Å²) in [7, 11) is 0. The van der Waals surface area contributed by atoms with Crippen molar-refractivity contribution in [2.45, 2.75) is 26.9 Å². The van der Waals surface area contributed by atoms with E-state index < -0.39 is 12.1 Å². The molecule has 104 valence electrons. The summed E-state index contributed by atoms with van der Waals surface area (Å²) in [6, 6.07) is -0.0965. The summed E-state index contributed by atoms with van der Waals surface area (Å²) < 4.78 is 5.10. The van der Waals surface area contributed by atoms with Gasteiger partial charge in [0, 0.05) is 19.6 Å². The highest BCUT2D eigenvalue weighted by atomic mass is 16.5. The molecule has 0 aliphatic carbocycles. The number of carbonyl (C=O) groups is 2. The van der Waals surface area contributed by atoms with Crippen LogP contribution in [0.5, 0.6) is 0 Å². The van der Waals surface area contributed by atoms with E-state index in [1.807, 2.05) is 6.92 Å². The van der Waals surface area contributed by atoms with Crippen molar-refractivity contribution < 1.29 is 19.4 Å². The Morgan fingerprint density at radius 3 is 2.67 bits per heavy atom. The van der Waals surface area contributed by atoms with E-state index >= 15 is 0 Å². The van der Waals surface area contributed by atoms with E-state index in [4.69, 9.17) is 9.84 Å². The predicted molar refractivity (Wildman–Crippen MR) is 66.4 cm³/mol. The monoisotopic (exact) mass is 258 g/mol. The van der Waals surface area contributed by atoms with Gasteiger partial charge in [0.15, 0.2) is 6.10 Å². The molecule has 1 saturated heterocycles. The highest BCUT2D eigenvalue weighted by Crippen LogP contribution is 2.10. The third-order valence-electron chi connectivity index (χ3n) is 2.85. The molecule has 0 aromatic carbocycles. The van der Waals surface area contributed by atoms with Gasteiger partial charge in [0.25, 0.3) is 0 Å². The minimum Gasteiger partial charge on any atom is -0.479 e. The molecule has 1 aliphatic rings. The van der Waals surface area contributed by atoms with Gasteiger partial charge in [0.1, 0.15) is 0 Å². The van der Waals surface area contributed by atoms with Crippen molar-refractivity contribution in [1.29, 1.82) is 0 Å². The minimum absolute atomic E-state index is 0.0965. The number of rotatable bonds is 4. The Bertz CT molecular complexity index is 306. The molecule has 2 amide bonds. The average molecular weight is 258 g/mol. The van der Waals surface area contributed by atoms with Gasteiger partial charge in [-0.15, -0.1) is 0 Å². The number of nitrogens with zero attached hydrogens (tertiary/aromatic N) is 2. The van der Waals surface area contributed by atoms with E-state index in [-0.39, 0.29) is 19.2 Å². The van der Waals surface area contributed by atoms with Crippen LogP contribution in [0.2, 0.25) is 0 Å². The number of ether oxygens (including phenoxy) is 1. The first-order valence-electron chi connectivity index (χ1n) is 6.34. The second-order valence-corrected chi connectivity index (χ2v) is 4.86. The number of carboxylic acids is 1. The number of hydrogen-bond acceptors (Lipinski definition) is 3. The second-order valence-electron chi connectivity index (χ2n) is 4.86. The molecule has 18 heavy (non-hydrogen) atoms. The maximum absolute atomic E-state index is 12.2. The molecule has 0 radical (unpaired) electrons. The Hall–Kier alpha value is -1.30. The van der Waals surface area contributed by atoms with Gasteiger partial charge in [-0.1, -0.05) is 13.8 Å². The zero-order valence-electron chi connectivity index (χ0n) is 11.3. The summed E-state index contributed by atoms with van der Waals surface area (Å²) in [6.07, 6.45) is -0.902. The quantitative estimate of drug-likeness (QED) is 0.812. The molecule has 6 nitrogen and oxygen atoms in total. The number of carbonyl (C=O) groups excluding carboxylic acids is 1. The standard InChI is InChI=1S/C12H22N2O4/c1-4-13(7-9(2)3)12(17)14-5-6-18-10(8-14)11(15)16/h9-10H,4-8H2,1-3H3,(H,15,16). The maximum atomic E-state index is 12.2. The fourth-order valence-corrected chi connectivity index (χ4v) is 1.96. The number of urea groups is 1. The Morgan fingerprint density at radius 1 is 1.50 bits per heavy atom. The molecular weight excluding hydrogens is 236 g/mol. The van der Waals surface area contributed by atoms with Crippen molar-refractivity contribution in [2.24, 2.45) is 5.92 Å². The zero-order valence-corrected chi connectivity index (χ0v) is 11.3. The highest BCUT2D eigenvalue weighted by molar-refractivity contribution is 5.77. The molecule has 1 atom stereocenters. The van der Waals surface area contributed by atoms with E-state index in [9.17, 15) is 9.59 Å². The first-order valence-corrected chi connectivity index (χ1v) is 6.34. The lowest BCUT2D eigenvalue weighted by atomic mass is 10.2. The molecule has 0 bridgehead atoms. The number of carboxylic acid groups (broad SMARTS) is 1. The van der Waals surface area contributed by atoms with Crippen molar-refractivity contribution in [3.63, 3.8) is 0 Å². The first-order chi connectivity index (χ1) is 8.45. The van der Waals surface area contributed by atoms with Gasteiger partial charge in [-0.2, -0.15) is 0 Å². The fraction of sp³-hybridized carbons (Fsp3) is 0.833. The van der Waals surface area contributed by atoms with Crippen LogP contribution in [0.1, 0.15) is 20.8 Å². The van der Waals surface area contributed by atoms with Crippen LogP contribution >= 0.6 is 0 Å². The molecular formula is C12H22N2O4. The van der Waals surface area contributed by atoms with Crippen LogP contribution < -0.4 is 0 Å². The van der Waals surface area contributed by atoms with E-state index in [0.717, 1.165) is 0 Å². The molecule has 0 aromatic rings. The van der Waals surface area contributed by atoms with E-state index in [1.165, 1.54) is 0 Å². The molecule has 1 fully saturated rings. The van der Waals surface area contributed by atoms with Gasteiger partial charge in [-0.05, 0) is 12.8 Å². The normalized spacial score (nSPS) is 20.0. The molecule has 1 unspecified atom stereocenters. The minimum atomic E-state index is -1.01. The van der Waals surface area contributed by atoms with Gasteiger partial charge in [-0.3, -0.25) is 0 Å². The van der Waals surface area contributed by atoms with Crippen molar-refractivity contribution >= 4 is 12.0 Å². The smallest absolute Gasteiger partial charge is 0.334 e. The average Bonchev–Trinajstić information content (AvgIpc) is 2.35. The lowest BCUT2D eigenvalue weighted by Gasteiger charge is -2.35. The zero-order chi connectivity index (χ0) is 13.7. The Morgan fingerprint density at radius 2 is 2.17 bits per heavy atom. The lowest BCUT2D eigenvalue weighted by molar-refractivity contribution is -0.154. The summed E-state index contributed by atoms with van der Waals surface area (Å²) in [6.45, 7) is 8.21. The van der Waals surface area contributed by atoms with Crippen LogP contribution in [0.25, 0.3) is 0 Å². The summed E-state index contributed by atoms with van der Waals surface area (Å²) in [4.78, 5) is 26.4. The van der Waals surface area contributed by atoms with Crippen LogP contribution in [-0.4, -0.2) is 65.8 Å². The van der Waals surface area contributed by atoms with Crippen LogP contribution in [0.4, 0.5) is 4.79 Å². The number of hydrogen-bond donors (Lipinski definition) is 1. The summed E-state index contributed by atoms with van der Waals surface area (Å²) in [5, 5.41) is 8.90. The summed E-state index contributed by atoms with van der Waals surface area (Å²) in [5.74, 6) is -0.621. The van der Waals surface area contributed by atoms with Gasteiger partial charge in [0.05, 0.1) is 13.2 Å². The second kappa shape index (κ2) is 6.58. The van der Waals surface area contributed by atoms with E-state index in [1.54, 1.807) is 9.80 Å². The van der Waals surface area contributed by atoms with E-state index in [0.29, 0.717) is 25.6 Å². The molecule has 1 heterocycles. The Balaban J connectivity index is 2.61. The van der Waals surface area contributed by atoms with Gasteiger partial charge < -0.3 is 19.6 Å². The van der Waals surface area contributed by atoms with Crippen molar-refractivity contribution in [1.82, 2.24) is 9.80 Å². The third-order valence-corrected chi connectivity index (χ3v) is 2.85. The lowest BCUT2D eigenvalue weighted by Crippen LogP contribution is -2.53. The van der Waals surface area contributed by atoms with Crippen LogP contribution in [0.3, 0.4) is 0 Å². The van der Waals surface area contributed by atoms with Gasteiger partial charge >= 0.3 is 12.0 Å². The summed E-state index contributed by atoms with van der Waals surface area (Å²) >= 11 is 0. The van der Waals surface area contributed by atoms with Crippen molar-refractivity contribution in [3.8, 4) is 0 Å². The van der Waals surface area contributed by atoms with Crippen molar-refractivity contribution in [3.05, 3.63) is 0 Å².